The molecule has 0 radical (unpaired) electrons. The van der Waals surface area contributed by atoms with Crippen molar-refractivity contribution in [2.24, 2.45) is 11.1 Å². The molecule has 5 heteroatoms. The molecule has 0 aromatic heterocycles. The molecule has 78 valence electrons. The first-order valence-electron chi connectivity index (χ1n) is 4.45. The molecule has 0 heterocycles. The van der Waals surface area contributed by atoms with Gasteiger partial charge in [-0.1, -0.05) is 6.42 Å². The molecule has 0 atom stereocenters. The molecular formula is C8H15F3N2. The topological polar surface area (TPSA) is 38.0 Å². The Balaban J connectivity index is 2.18. The summed E-state index contributed by atoms with van der Waals surface area (Å²) in [7, 11) is 0. The van der Waals surface area contributed by atoms with Gasteiger partial charge in [0.25, 0.3) is 0 Å². The van der Waals surface area contributed by atoms with Gasteiger partial charge in [-0.2, -0.15) is 13.2 Å². The van der Waals surface area contributed by atoms with Crippen molar-refractivity contribution in [1.29, 1.82) is 0 Å². The number of hydrogen-bond donors (Lipinski definition) is 2. The van der Waals surface area contributed by atoms with Crippen LogP contribution in [-0.2, 0) is 0 Å². The molecule has 0 aromatic rings. The molecule has 0 spiro atoms. The van der Waals surface area contributed by atoms with Gasteiger partial charge in [-0.15, -0.1) is 0 Å². The van der Waals surface area contributed by atoms with Crippen molar-refractivity contribution < 1.29 is 13.2 Å². The van der Waals surface area contributed by atoms with E-state index in [2.05, 4.69) is 5.32 Å². The largest absolute Gasteiger partial charge is 0.401 e. The van der Waals surface area contributed by atoms with Crippen LogP contribution in [0.5, 0.6) is 0 Å². The molecule has 1 aliphatic carbocycles. The Kier molecular flexibility index (Phi) is 3.18. The zero-order valence-electron chi connectivity index (χ0n) is 7.45. The zero-order valence-corrected chi connectivity index (χ0v) is 7.45. The highest BCUT2D eigenvalue weighted by molar-refractivity contribution is 4.90. The maximum atomic E-state index is 11.8. The fraction of sp³-hybridized carbons (Fsp3) is 1.00. The Morgan fingerprint density at radius 2 is 1.92 bits per heavy atom. The predicted molar refractivity (Wildman–Crippen MR) is 44.3 cm³/mol. The van der Waals surface area contributed by atoms with Gasteiger partial charge in [0.05, 0.1) is 6.54 Å². The molecule has 0 saturated heterocycles. The molecule has 1 fully saturated rings. The van der Waals surface area contributed by atoms with Crippen LogP contribution in [0.15, 0.2) is 0 Å². The second kappa shape index (κ2) is 3.84. The first-order chi connectivity index (χ1) is 5.97. The van der Waals surface area contributed by atoms with E-state index < -0.39 is 12.7 Å². The van der Waals surface area contributed by atoms with E-state index in [4.69, 9.17) is 5.73 Å². The molecule has 0 aliphatic heterocycles. The first-order valence-corrected chi connectivity index (χ1v) is 4.45. The van der Waals surface area contributed by atoms with E-state index in [0.29, 0.717) is 13.1 Å². The van der Waals surface area contributed by atoms with Gasteiger partial charge in [0.15, 0.2) is 0 Å². The van der Waals surface area contributed by atoms with Crippen LogP contribution in [0.3, 0.4) is 0 Å². The lowest BCUT2D eigenvalue weighted by Crippen LogP contribution is -2.47. The minimum Gasteiger partial charge on any atom is -0.330 e. The number of nitrogens with two attached hydrogens (primary N) is 1. The molecule has 1 rings (SSSR count). The van der Waals surface area contributed by atoms with E-state index in [1.807, 2.05) is 0 Å². The van der Waals surface area contributed by atoms with Crippen molar-refractivity contribution in [3.63, 3.8) is 0 Å². The third-order valence-electron chi connectivity index (χ3n) is 2.67. The predicted octanol–water partition coefficient (Wildman–Crippen LogP) is 1.27. The molecule has 1 aliphatic rings. The number of rotatable bonds is 4. The van der Waals surface area contributed by atoms with E-state index in [9.17, 15) is 13.2 Å². The Bertz CT molecular complexity index is 158. The normalized spacial score (nSPS) is 21.2. The highest BCUT2D eigenvalue weighted by Crippen LogP contribution is 2.39. The second-order valence-corrected chi connectivity index (χ2v) is 3.78. The minimum absolute atomic E-state index is 0.0503. The Morgan fingerprint density at radius 1 is 1.31 bits per heavy atom. The summed E-state index contributed by atoms with van der Waals surface area (Å²) in [4.78, 5) is 0. The maximum absolute atomic E-state index is 11.8. The molecule has 0 aromatic carbocycles. The van der Waals surface area contributed by atoms with Gasteiger partial charge >= 0.3 is 6.18 Å². The summed E-state index contributed by atoms with van der Waals surface area (Å²) in [6.07, 6.45) is -1.12. The van der Waals surface area contributed by atoms with Gasteiger partial charge < -0.3 is 11.1 Å². The standard InChI is InChI=1S/C8H15F3N2/c9-8(10,11)6-13-5-7(4-12)2-1-3-7/h13H,1-6,12H2. The molecule has 0 amide bonds. The van der Waals surface area contributed by atoms with Crippen LogP contribution < -0.4 is 11.1 Å². The van der Waals surface area contributed by atoms with E-state index in [-0.39, 0.29) is 5.41 Å². The Morgan fingerprint density at radius 3 is 2.23 bits per heavy atom. The summed E-state index contributed by atoms with van der Waals surface area (Å²) >= 11 is 0. The second-order valence-electron chi connectivity index (χ2n) is 3.78. The third kappa shape index (κ3) is 3.15. The van der Waals surface area contributed by atoms with Crippen molar-refractivity contribution >= 4 is 0 Å². The SMILES string of the molecule is NCC1(CNCC(F)(F)F)CCC1. The van der Waals surface area contributed by atoms with Gasteiger partial charge in [-0.25, -0.2) is 0 Å². The number of halogens is 3. The molecule has 0 bridgehead atoms. The summed E-state index contributed by atoms with van der Waals surface area (Å²) in [5, 5.41) is 2.41. The maximum Gasteiger partial charge on any atom is 0.401 e. The van der Waals surface area contributed by atoms with E-state index in [1.165, 1.54) is 0 Å². The molecular weight excluding hydrogens is 181 g/mol. The summed E-state index contributed by atoms with van der Waals surface area (Å²) < 4.78 is 35.3. The van der Waals surface area contributed by atoms with Gasteiger partial charge in [-0.05, 0) is 24.8 Å². The lowest BCUT2D eigenvalue weighted by molar-refractivity contribution is -0.126. The van der Waals surface area contributed by atoms with Crippen molar-refractivity contribution in [1.82, 2.24) is 5.32 Å². The van der Waals surface area contributed by atoms with Crippen molar-refractivity contribution in [3.05, 3.63) is 0 Å². The number of hydrogen-bond acceptors (Lipinski definition) is 2. The first kappa shape index (κ1) is 10.8. The Labute approximate surface area is 75.7 Å². The fourth-order valence-electron chi connectivity index (χ4n) is 1.60. The smallest absolute Gasteiger partial charge is 0.330 e. The van der Waals surface area contributed by atoms with Crippen molar-refractivity contribution in [3.8, 4) is 0 Å². The van der Waals surface area contributed by atoms with Crippen molar-refractivity contribution in [2.75, 3.05) is 19.6 Å². The zero-order chi connectivity index (χ0) is 9.95. The van der Waals surface area contributed by atoms with Crippen LogP contribution >= 0.6 is 0 Å². The summed E-state index contributed by atoms with van der Waals surface area (Å²) in [5.74, 6) is 0. The Hall–Kier alpha value is -0.290. The summed E-state index contributed by atoms with van der Waals surface area (Å²) in [6, 6.07) is 0. The van der Waals surface area contributed by atoms with Gasteiger partial charge in [0, 0.05) is 6.54 Å². The van der Waals surface area contributed by atoms with Crippen LogP contribution in [0.2, 0.25) is 0 Å². The van der Waals surface area contributed by atoms with Gasteiger partial charge in [0.1, 0.15) is 0 Å². The summed E-state index contributed by atoms with van der Waals surface area (Å²) in [6.45, 7) is -0.0321. The van der Waals surface area contributed by atoms with Gasteiger partial charge in [-0.3, -0.25) is 0 Å². The lowest BCUT2D eigenvalue weighted by Gasteiger charge is -2.41. The van der Waals surface area contributed by atoms with Crippen LogP contribution in [0, 0.1) is 5.41 Å². The monoisotopic (exact) mass is 196 g/mol. The van der Waals surface area contributed by atoms with E-state index in [0.717, 1.165) is 19.3 Å². The highest BCUT2D eigenvalue weighted by Gasteiger charge is 2.36. The molecule has 3 N–H and O–H groups in total. The van der Waals surface area contributed by atoms with Crippen LogP contribution in [0.25, 0.3) is 0 Å². The highest BCUT2D eigenvalue weighted by atomic mass is 19.4. The average molecular weight is 196 g/mol. The minimum atomic E-state index is -4.11. The summed E-state index contributed by atoms with van der Waals surface area (Å²) in [5.41, 5.74) is 5.45. The fourth-order valence-corrected chi connectivity index (χ4v) is 1.60. The van der Waals surface area contributed by atoms with Gasteiger partial charge in [0.2, 0.25) is 0 Å². The van der Waals surface area contributed by atoms with E-state index in [1.54, 1.807) is 0 Å². The van der Waals surface area contributed by atoms with Crippen LogP contribution in [0.1, 0.15) is 19.3 Å². The lowest BCUT2D eigenvalue weighted by atomic mass is 9.69. The number of nitrogens with one attached hydrogen (secondary N) is 1. The molecule has 13 heavy (non-hydrogen) atoms. The van der Waals surface area contributed by atoms with Crippen molar-refractivity contribution in [2.45, 2.75) is 25.4 Å². The third-order valence-corrected chi connectivity index (χ3v) is 2.67. The van der Waals surface area contributed by atoms with E-state index >= 15 is 0 Å². The molecule has 1 saturated carbocycles. The quantitative estimate of drug-likeness (QED) is 0.710. The van der Waals surface area contributed by atoms with Crippen LogP contribution in [0.4, 0.5) is 13.2 Å². The molecule has 0 unspecified atom stereocenters. The molecule has 2 nitrogen and oxygen atoms in total. The average Bonchev–Trinajstić information content (AvgIpc) is 1.92. The van der Waals surface area contributed by atoms with Crippen LogP contribution in [-0.4, -0.2) is 25.8 Å². The number of alkyl halides is 3.